The molecule has 2 rings (SSSR count). The van der Waals surface area contributed by atoms with Crippen molar-refractivity contribution in [2.75, 3.05) is 0 Å². The van der Waals surface area contributed by atoms with E-state index in [0.29, 0.717) is 22.2 Å². The van der Waals surface area contributed by atoms with E-state index in [4.69, 9.17) is 4.42 Å². The molecular weight excluding hydrogens is 298 g/mol. The van der Waals surface area contributed by atoms with Crippen LogP contribution in [0.15, 0.2) is 27.5 Å². The summed E-state index contributed by atoms with van der Waals surface area (Å²) in [5.74, 6) is 1.36. The molecule has 6 heteroatoms. The van der Waals surface area contributed by atoms with Crippen molar-refractivity contribution in [1.29, 1.82) is 0 Å². The fourth-order valence-corrected chi connectivity index (χ4v) is 1.92. The van der Waals surface area contributed by atoms with Crippen molar-refractivity contribution in [2.45, 2.75) is 26.8 Å². The molecule has 2 aromatic heterocycles. The molecule has 0 unspecified atom stereocenters. The van der Waals surface area contributed by atoms with E-state index in [2.05, 4.69) is 39.9 Å². The molecule has 0 saturated carbocycles. The summed E-state index contributed by atoms with van der Waals surface area (Å²) in [7, 11) is 0. The first kappa shape index (κ1) is 13.0. The van der Waals surface area contributed by atoms with Crippen LogP contribution in [-0.2, 0) is 13.0 Å². The van der Waals surface area contributed by atoms with Gasteiger partial charge in [0.1, 0.15) is 12.2 Å². The first-order valence-corrected chi connectivity index (χ1v) is 6.50. The smallest absolute Gasteiger partial charge is 0.205 e. The molecule has 5 nitrogen and oxygen atoms in total. The Morgan fingerprint density at radius 1 is 1.50 bits per heavy atom. The zero-order chi connectivity index (χ0) is 13.1. The van der Waals surface area contributed by atoms with E-state index < -0.39 is 0 Å². The lowest BCUT2D eigenvalue weighted by molar-refractivity contribution is 0.0961. The van der Waals surface area contributed by atoms with Gasteiger partial charge >= 0.3 is 0 Å². The average molecular weight is 312 g/mol. The molecule has 0 aromatic carbocycles. The Morgan fingerprint density at radius 3 is 2.89 bits per heavy atom. The number of ketones is 1. The molecule has 18 heavy (non-hydrogen) atoms. The summed E-state index contributed by atoms with van der Waals surface area (Å²) in [5.41, 5.74) is 0. The van der Waals surface area contributed by atoms with E-state index >= 15 is 0 Å². The van der Waals surface area contributed by atoms with E-state index in [1.165, 1.54) is 6.33 Å². The van der Waals surface area contributed by atoms with Crippen molar-refractivity contribution in [3.63, 3.8) is 0 Å². The van der Waals surface area contributed by atoms with Gasteiger partial charge in [-0.25, -0.2) is 9.67 Å². The maximum Gasteiger partial charge on any atom is 0.205 e. The third kappa shape index (κ3) is 3.07. The van der Waals surface area contributed by atoms with Crippen LogP contribution in [0.5, 0.6) is 0 Å². The topological polar surface area (TPSA) is 60.9 Å². The molecule has 0 atom stereocenters. The summed E-state index contributed by atoms with van der Waals surface area (Å²) in [6.45, 7) is 4.94. The number of rotatable bonds is 5. The minimum Gasteiger partial charge on any atom is -0.446 e. The van der Waals surface area contributed by atoms with Crippen molar-refractivity contribution in [3.05, 3.63) is 34.7 Å². The average Bonchev–Trinajstić information content (AvgIpc) is 2.88. The molecule has 0 aliphatic rings. The van der Waals surface area contributed by atoms with Crippen molar-refractivity contribution in [2.24, 2.45) is 5.92 Å². The quantitative estimate of drug-likeness (QED) is 0.797. The number of hydrogen-bond acceptors (Lipinski definition) is 4. The molecule has 0 radical (unpaired) electrons. The predicted molar refractivity (Wildman–Crippen MR) is 69.3 cm³/mol. The van der Waals surface area contributed by atoms with E-state index in [-0.39, 0.29) is 12.2 Å². The highest BCUT2D eigenvalue weighted by atomic mass is 79.9. The maximum absolute atomic E-state index is 12.0. The second-order valence-corrected chi connectivity index (χ2v) is 5.24. The van der Waals surface area contributed by atoms with Gasteiger partial charge in [0.15, 0.2) is 10.4 Å². The Bertz CT molecular complexity index is 545. The second kappa shape index (κ2) is 5.48. The van der Waals surface area contributed by atoms with Crippen molar-refractivity contribution < 1.29 is 9.21 Å². The largest absolute Gasteiger partial charge is 0.446 e. The molecular formula is C12H14BrN3O2. The molecule has 0 bridgehead atoms. The highest BCUT2D eigenvalue weighted by Gasteiger charge is 2.15. The molecule has 0 aliphatic carbocycles. The highest BCUT2D eigenvalue weighted by Crippen LogP contribution is 2.15. The molecule has 0 saturated heterocycles. The molecule has 0 amide bonds. The van der Waals surface area contributed by atoms with Crippen LogP contribution >= 0.6 is 15.9 Å². The summed E-state index contributed by atoms with van der Waals surface area (Å²) in [6.07, 6.45) is 1.68. The second-order valence-electron chi connectivity index (χ2n) is 4.46. The Kier molecular flexibility index (Phi) is 3.96. The number of furan rings is 1. The van der Waals surface area contributed by atoms with Gasteiger partial charge in [-0.1, -0.05) is 13.8 Å². The minimum absolute atomic E-state index is 0.0984. The number of carbonyl (C=O) groups excluding carboxylic acids is 1. The van der Waals surface area contributed by atoms with Gasteiger partial charge in [-0.05, 0) is 34.0 Å². The number of halogens is 1. The summed E-state index contributed by atoms with van der Waals surface area (Å²) >= 11 is 3.17. The first-order chi connectivity index (χ1) is 8.56. The minimum atomic E-state index is -0.0984. The molecule has 0 aliphatic heterocycles. The van der Waals surface area contributed by atoms with Crippen LogP contribution in [0.1, 0.15) is 30.2 Å². The summed E-state index contributed by atoms with van der Waals surface area (Å²) in [4.78, 5) is 16.1. The standard InChI is InChI=1S/C12H14BrN3O2/c1-8(2)6-16-12(14-7-15-16)5-9(17)10-3-4-11(13)18-10/h3-4,7-8H,5-6H2,1-2H3. The van der Waals surface area contributed by atoms with Gasteiger partial charge in [0.25, 0.3) is 0 Å². The Hall–Kier alpha value is -1.43. The first-order valence-electron chi connectivity index (χ1n) is 5.71. The lowest BCUT2D eigenvalue weighted by Crippen LogP contribution is -2.14. The molecule has 96 valence electrons. The van der Waals surface area contributed by atoms with Crippen molar-refractivity contribution in [1.82, 2.24) is 14.8 Å². The van der Waals surface area contributed by atoms with Gasteiger partial charge in [-0.3, -0.25) is 4.79 Å². The normalized spacial score (nSPS) is 11.1. The molecule has 0 fully saturated rings. The number of Topliss-reactive ketones (excluding diaryl/α,β-unsaturated/α-hetero) is 1. The van der Waals surface area contributed by atoms with Crippen molar-refractivity contribution in [3.8, 4) is 0 Å². The van der Waals surface area contributed by atoms with E-state index in [1.54, 1.807) is 16.8 Å². The fraction of sp³-hybridized carbons (Fsp3) is 0.417. The van der Waals surface area contributed by atoms with Crippen LogP contribution in [-0.4, -0.2) is 20.5 Å². The lowest BCUT2D eigenvalue weighted by Gasteiger charge is -2.07. The van der Waals surface area contributed by atoms with Crippen LogP contribution in [0.25, 0.3) is 0 Å². The number of carbonyl (C=O) groups is 1. The zero-order valence-corrected chi connectivity index (χ0v) is 11.8. The lowest BCUT2D eigenvalue weighted by atomic mass is 10.2. The Labute approximate surface area is 113 Å². The number of nitrogens with zero attached hydrogens (tertiary/aromatic N) is 3. The molecule has 0 spiro atoms. The third-order valence-electron chi connectivity index (χ3n) is 2.40. The summed E-state index contributed by atoms with van der Waals surface area (Å²) in [5, 5.41) is 4.12. The highest BCUT2D eigenvalue weighted by molar-refractivity contribution is 9.10. The third-order valence-corrected chi connectivity index (χ3v) is 2.83. The number of hydrogen-bond donors (Lipinski definition) is 0. The van der Waals surface area contributed by atoms with E-state index in [9.17, 15) is 4.79 Å². The Morgan fingerprint density at radius 2 is 2.28 bits per heavy atom. The van der Waals surface area contributed by atoms with Crippen LogP contribution in [0.2, 0.25) is 0 Å². The van der Waals surface area contributed by atoms with Crippen LogP contribution < -0.4 is 0 Å². The van der Waals surface area contributed by atoms with Crippen LogP contribution in [0.3, 0.4) is 0 Å². The number of aromatic nitrogens is 3. The van der Waals surface area contributed by atoms with Gasteiger partial charge < -0.3 is 4.42 Å². The summed E-state index contributed by atoms with van der Waals surface area (Å²) < 4.78 is 7.54. The summed E-state index contributed by atoms with van der Waals surface area (Å²) in [6, 6.07) is 3.35. The molecule has 0 N–H and O–H groups in total. The molecule has 2 heterocycles. The van der Waals surface area contributed by atoms with Gasteiger partial charge in [0.2, 0.25) is 5.78 Å². The van der Waals surface area contributed by atoms with Crippen LogP contribution in [0.4, 0.5) is 0 Å². The van der Waals surface area contributed by atoms with Gasteiger partial charge in [-0.2, -0.15) is 5.10 Å². The van der Waals surface area contributed by atoms with Gasteiger partial charge in [-0.15, -0.1) is 0 Å². The zero-order valence-electron chi connectivity index (χ0n) is 10.3. The van der Waals surface area contributed by atoms with Crippen LogP contribution in [0, 0.1) is 5.92 Å². The van der Waals surface area contributed by atoms with Crippen molar-refractivity contribution >= 4 is 21.7 Å². The van der Waals surface area contributed by atoms with Gasteiger partial charge in [0, 0.05) is 6.54 Å². The van der Waals surface area contributed by atoms with E-state index in [1.807, 2.05) is 0 Å². The maximum atomic E-state index is 12.0. The monoisotopic (exact) mass is 311 g/mol. The predicted octanol–water partition coefficient (Wildman–Crippen LogP) is 2.72. The van der Waals surface area contributed by atoms with Gasteiger partial charge in [0.05, 0.1) is 6.42 Å². The van der Waals surface area contributed by atoms with E-state index in [0.717, 1.165) is 6.54 Å². The Balaban J connectivity index is 2.10. The molecule has 2 aromatic rings. The fourth-order valence-electron chi connectivity index (χ4n) is 1.62. The SMILES string of the molecule is CC(C)Cn1ncnc1CC(=O)c1ccc(Br)o1.